The van der Waals surface area contributed by atoms with Gasteiger partial charge in [0, 0.05) is 24.1 Å². The molecule has 0 spiro atoms. The van der Waals surface area contributed by atoms with E-state index in [1.807, 2.05) is 7.05 Å². The van der Waals surface area contributed by atoms with Crippen LogP contribution in [-0.4, -0.2) is 48.7 Å². The molecule has 1 atom stereocenters. The van der Waals surface area contributed by atoms with Gasteiger partial charge in [-0.2, -0.15) is 0 Å². The van der Waals surface area contributed by atoms with E-state index in [2.05, 4.69) is 41.5 Å². The van der Waals surface area contributed by atoms with Crippen LogP contribution in [0.25, 0.3) is 0 Å². The van der Waals surface area contributed by atoms with Crippen molar-refractivity contribution in [3.63, 3.8) is 0 Å². The van der Waals surface area contributed by atoms with Crippen molar-refractivity contribution >= 4 is 11.8 Å². The van der Waals surface area contributed by atoms with E-state index in [1.165, 1.54) is 6.42 Å². The van der Waals surface area contributed by atoms with Crippen LogP contribution in [0.2, 0.25) is 0 Å². The second-order valence-electron chi connectivity index (χ2n) is 6.74. The number of piperidine rings is 1. The van der Waals surface area contributed by atoms with Crippen molar-refractivity contribution in [1.29, 1.82) is 0 Å². The Labute approximate surface area is 126 Å². The monoisotopic (exact) mass is 294 g/mol. The number of hydrogen-bond acceptors (Lipinski definition) is 5. The molecule has 1 amide bonds. The van der Waals surface area contributed by atoms with Crippen LogP contribution in [0, 0.1) is 0 Å². The number of likely N-dealkylation sites (tertiary alicyclic amines) is 1. The van der Waals surface area contributed by atoms with Crippen molar-refractivity contribution < 1.29 is 9.32 Å². The number of hydrogen-bond donors (Lipinski definition) is 2. The molecule has 0 saturated carbocycles. The molecule has 1 aliphatic heterocycles. The molecule has 6 heteroatoms. The van der Waals surface area contributed by atoms with E-state index in [1.54, 1.807) is 6.07 Å². The summed E-state index contributed by atoms with van der Waals surface area (Å²) in [5.41, 5.74) is 0.755. The average molecular weight is 294 g/mol. The van der Waals surface area contributed by atoms with Crippen LogP contribution in [-0.2, 0) is 10.2 Å². The predicted molar refractivity (Wildman–Crippen MR) is 82.4 cm³/mol. The molecule has 0 radical (unpaired) electrons. The lowest BCUT2D eigenvalue weighted by molar-refractivity contribution is -0.117. The van der Waals surface area contributed by atoms with Gasteiger partial charge in [-0.3, -0.25) is 15.0 Å². The zero-order valence-electron chi connectivity index (χ0n) is 13.4. The normalized spacial score (nSPS) is 20.5. The molecule has 1 fully saturated rings. The SMILES string of the molecule is CNC1CCCN(CC(=O)Nc2cc(C(C)(C)C)no2)C1. The van der Waals surface area contributed by atoms with E-state index >= 15 is 0 Å². The van der Waals surface area contributed by atoms with E-state index in [0.717, 1.165) is 25.2 Å². The minimum absolute atomic E-state index is 0.0524. The highest BCUT2D eigenvalue weighted by atomic mass is 16.5. The van der Waals surface area contributed by atoms with Gasteiger partial charge in [0.15, 0.2) is 0 Å². The van der Waals surface area contributed by atoms with Crippen LogP contribution in [0.4, 0.5) is 5.88 Å². The second-order valence-corrected chi connectivity index (χ2v) is 6.74. The fraction of sp³-hybridized carbons (Fsp3) is 0.733. The minimum Gasteiger partial charge on any atom is -0.338 e. The number of rotatable bonds is 4. The maximum Gasteiger partial charge on any atom is 0.240 e. The summed E-state index contributed by atoms with van der Waals surface area (Å²) in [4.78, 5) is 14.2. The Hall–Kier alpha value is -1.40. The first-order valence-electron chi connectivity index (χ1n) is 7.55. The Morgan fingerprint density at radius 3 is 2.90 bits per heavy atom. The lowest BCUT2D eigenvalue weighted by Gasteiger charge is -2.31. The lowest BCUT2D eigenvalue weighted by atomic mass is 9.92. The van der Waals surface area contributed by atoms with Gasteiger partial charge in [-0.15, -0.1) is 0 Å². The summed E-state index contributed by atoms with van der Waals surface area (Å²) in [5, 5.41) is 10.1. The molecule has 0 bridgehead atoms. The number of anilines is 1. The van der Waals surface area contributed by atoms with E-state index < -0.39 is 0 Å². The van der Waals surface area contributed by atoms with Crippen molar-refractivity contribution in [2.75, 3.05) is 32.0 Å². The number of nitrogens with zero attached hydrogens (tertiary/aromatic N) is 2. The van der Waals surface area contributed by atoms with Crippen molar-refractivity contribution in [2.45, 2.75) is 45.1 Å². The van der Waals surface area contributed by atoms with E-state index in [0.29, 0.717) is 18.5 Å². The first-order valence-corrected chi connectivity index (χ1v) is 7.55. The number of amides is 1. The summed E-state index contributed by atoms with van der Waals surface area (Å²) in [6.07, 6.45) is 2.29. The Morgan fingerprint density at radius 1 is 1.52 bits per heavy atom. The first-order chi connectivity index (χ1) is 9.88. The third-order valence-electron chi connectivity index (χ3n) is 3.82. The van der Waals surface area contributed by atoms with Crippen molar-refractivity contribution in [3.05, 3.63) is 11.8 Å². The van der Waals surface area contributed by atoms with E-state index in [9.17, 15) is 4.79 Å². The molecule has 1 aliphatic rings. The predicted octanol–water partition coefficient (Wildman–Crippen LogP) is 1.59. The zero-order valence-corrected chi connectivity index (χ0v) is 13.4. The number of carbonyl (C=O) groups excluding carboxylic acids is 1. The van der Waals surface area contributed by atoms with Gasteiger partial charge in [-0.05, 0) is 26.4 Å². The van der Waals surface area contributed by atoms with Gasteiger partial charge in [-0.1, -0.05) is 25.9 Å². The van der Waals surface area contributed by atoms with Gasteiger partial charge < -0.3 is 9.84 Å². The van der Waals surface area contributed by atoms with Crippen LogP contribution in [0.1, 0.15) is 39.3 Å². The smallest absolute Gasteiger partial charge is 0.240 e. The molecule has 0 aliphatic carbocycles. The number of nitrogens with one attached hydrogen (secondary N) is 2. The molecular formula is C15H26N4O2. The molecule has 2 rings (SSSR count). The van der Waals surface area contributed by atoms with Gasteiger partial charge >= 0.3 is 0 Å². The third kappa shape index (κ3) is 4.54. The quantitative estimate of drug-likeness (QED) is 0.882. The first kappa shape index (κ1) is 16.0. The minimum atomic E-state index is -0.0840. The van der Waals surface area contributed by atoms with Crippen molar-refractivity contribution in [2.24, 2.45) is 0 Å². The maximum absolute atomic E-state index is 12.1. The molecule has 2 heterocycles. The zero-order chi connectivity index (χ0) is 15.5. The summed E-state index contributed by atoms with van der Waals surface area (Å²) in [7, 11) is 1.97. The van der Waals surface area contributed by atoms with E-state index in [-0.39, 0.29) is 11.3 Å². The summed E-state index contributed by atoms with van der Waals surface area (Å²) in [6.45, 7) is 8.44. The standard InChI is InChI=1S/C15H26N4O2/c1-15(2,3)12-8-14(21-18-12)17-13(20)10-19-7-5-6-11(9-19)16-4/h8,11,16H,5-7,9-10H2,1-4H3,(H,17,20). The highest BCUT2D eigenvalue weighted by Crippen LogP contribution is 2.23. The second kappa shape index (κ2) is 6.58. The lowest BCUT2D eigenvalue weighted by Crippen LogP contribution is -2.46. The van der Waals surface area contributed by atoms with Crippen LogP contribution in [0.15, 0.2) is 10.6 Å². The highest BCUT2D eigenvalue weighted by molar-refractivity contribution is 5.91. The Balaban J connectivity index is 1.85. The molecule has 2 N–H and O–H groups in total. The third-order valence-corrected chi connectivity index (χ3v) is 3.82. The summed E-state index contributed by atoms with van der Waals surface area (Å²) in [5.74, 6) is 0.371. The van der Waals surface area contributed by atoms with Gasteiger partial charge in [0.1, 0.15) is 0 Å². The summed E-state index contributed by atoms with van der Waals surface area (Å²) >= 11 is 0. The topological polar surface area (TPSA) is 70.4 Å². The van der Waals surface area contributed by atoms with Crippen LogP contribution in [0.5, 0.6) is 0 Å². The van der Waals surface area contributed by atoms with Gasteiger partial charge in [0.2, 0.25) is 11.8 Å². The molecule has 1 unspecified atom stereocenters. The number of likely N-dealkylation sites (N-methyl/N-ethyl adjacent to an activating group) is 1. The summed E-state index contributed by atoms with van der Waals surface area (Å²) in [6, 6.07) is 2.27. The number of aromatic nitrogens is 1. The molecule has 1 aromatic heterocycles. The van der Waals surface area contributed by atoms with Gasteiger partial charge in [0.05, 0.1) is 12.2 Å². The Bertz CT molecular complexity index is 478. The summed E-state index contributed by atoms with van der Waals surface area (Å²) < 4.78 is 5.18. The van der Waals surface area contributed by atoms with Crippen molar-refractivity contribution in [3.8, 4) is 0 Å². The van der Waals surface area contributed by atoms with Crippen LogP contribution >= 0.6 is 0 Å². The maximum atomic E-state index is 12.1. The molecule has 21 heavy (non-hydrogen) atoms. The highest BCUT2D eigenvalue weighted by Gasteiger charge is 2.22. The van der Waals surface area contributed by atoms with Gasteiger partial charge in [-0.25, -0.2) is 0 Å². The fourth-order valence-electron chi connectivity index (χ4n) is 2.50. The van der Waals surface area contributed by atoms with Crippen LogP contribution < -0.4 is 10.6 Å². The Kier molecular flexibility index (Phi) is 5.00. The molecule has 6 nitrogen and oxygen atoms in total. The van der Waals surface area contributed by atoms with Crippen molar-refractivity contribution in [1.82, 2.24) is 15.4 Å². The van der Waals surface area contributed by atoms with E-state index in [4.69, 9.17) is 4.52 Å². The molecule has 118 valence electrons. The average Bonchev–Trinajstić information content (AvgIpc) is 2.87. The molecule has 0 aromatic carbocycles. The number of carbonyl (C=O) groups is 1. The van der Waals surface area contributed by atoms with Gasteiger partial charge in [0.25, 0.3) is 0 Å². The molecule has 1 aromatic rings. The molecular weight excluding hydrogens is 268 g/mol. The van der Waals surface area contributed by atoms with Crippen LogP contribution in [0.3, 0.4) is 0 Å². The Morgan fingerprint density at radius 2 is 2.29 bits per heavy atom. The fourth-order valence-corrected chi connectivity index (χ4v) is 2.50. The molecule has 1 saturated heterocycles. The largest absolute Gasteiger partial charge is 0.338 e.